The van der Waals surface area contributed by atoms with Crippen LogP contribution in [0.25, 0.3) is 0 Å². The van der Waals surface area contributed by atoms with Gasteiger partial charge in [-0.05, 0) is 36.4 Å². The van der Waals surface area contributed by atoms with Crippen molar-refractivity contribution in [1.82, 2.24) is 5.43 Å². The van der Waals surface area contributed by atoms with E-state index in [1.165, 1.54) is 33.5 Å². The zero-order valence-electron chi connectivity index (χ0n) is 13.0. The molecule has 7 heteroatoms. The number of benzene rings is 2. The van der Waals surface area contributed by atoms with Crippen LogP contribution in [0.5, 0.6) is 23.0 Å². The molecule has 122 valence electrons. The van der Waals surface area contributed by atoms with Gasteiger partial charge in [0.1, 0.15) is 5.75 Å². The van der Waals surface area contributed by atoms with Gasteiger partial charge in [0.2, 0.25) is 5.75 Å². The predicted octanol–water partition coefficient (Wildman–Crippen LogP) is 2.17. The molecule has 0 saturated heterocycles. The number of ether oxygens (including phenoxy) is 3. The maximum absolute atomic E-state index is 12.2. The lowest BCUT2D eigenvalue weighted by atomic mass is 10.1. The summed E-state index contributed by atoms with van der Waals surface area (Å²) >= 11 is 0. The van der Waals surface area contributed by atoms with Crippen LogP contribution in [-0.2, 0) is 0 Å². The summed E-state index contributed by atoms with van der Waals surface area (Å²) in [4.78, 5) is 12.2. The second kappa shape index (κ2) is 7.26. The summed E-state index contributed by atoms with van der Waals surface area (Å²) in [6.07, 6.45) is 0. The molecule has 1 amide bonds. The molecule has 0 heterocycles. The number of hydrogen-bond donors (Lipinski definition) is 3. The first-order valence-electron chi connectivity index (χ1n) is 6.74. The third-order valence-electron chi connectivity index (χ3n) is 3.11. The molecule has 0 unspecified atom stereocenters. The van der Waals surface area contributed by atoms with E-state index >= 15 is 0 Å². The van der Waals surface area contributed by atoms with Crippen LogP contribution in [-0.4, -0.2) is 32.3 Å². The van der Waals surface area contributed by atoms with E-state index in [-0.39, 0.29) is 11.7 Å². The summed E-state index contributed by atoms with van der Waals surface area (Å²) in [6, 6.07) is 9.38. The smallest absolute Gasteiger partial charge is 0.269 e. The third-order valence-corrected chi connectivity index (χ3v) is 3.11. The minimum Gasteiger partial charge on any atom is -0.508 e. The van der Waals surface area contributed by atoms with Gasteiger partial charge in [0.15, 0.2) is 11.5 Å². The van der Waals surface area contributed by atoms with Crippen LogP contribution in [0.2, 0.25) is 0 Å². The Kier molecular flexibility index (Phi) is 5.14. The molecular weight excluding hydrogens is 300 g/mol. The second-order valence-corrected chi connectivity index (χ2v) is 4.54. The Hall–Kier alpha value is -3.09. The Labute approximate surface area is 133 Å². The minimum absolute atomic E-state index is 0.145. The van der Waals surface area contributed by atoms with Crippen LogP contribution in [0, 0.1) is 0 Å². The van der Waals surface area contributed by atoms with Crippen LogP contribution in [0.3, 0.4) is 0 Å². The van der Waals surface area contributed by atoms with Gasteiger partial charge in [0, 0.05) is 5.56 Å². The highest BCUT2D eigenvalue weighted by molar-refractivity contribution is 5.96. The fourth-order valence-corrected chi connectivity index (χ4v) is 1.96. The Balaban J connectivity index is 2.16. The monoisotopic (exact) mass is 318 g/mol. The van der Waals surface area contributed by atoms with E-state index in [0.717, 1.165) is 0 Å². The summed E-state index contributed by atoms with van der Waals surface area (Å²) in [7, 11) is 4.45. The number of hydrazine groups is 1. The molecule has 0 atom stereocenters. The number of carbonyl (C=O) groups excluding carboxylic acids is 1. The molecule has 0 aliphatic carbocycles. The van der Waals surface area contributed by atoms with Gasteiger partial charge < -0.3 is 19.3 Å². The van der Waals surface area contributed by atoms with Gasteiger partial charge >= 0.3 is 0 Å². The number of phenolic OH excluding ortho intramolecular Hbond substituents is 1. The number of nitrogens with one attached hydrogen (secondary N) is 2. The van der Waals surface area contributed by atoms with Crippen LogP contribution < -0.4 is 25.1 Å². The third kappa shape index (κ3) is 3.76. The Morgan fingerprint density at radius 3 is 2.00 bits per heavy atom. The molecule has 3 N–H and O–H groups in total. The quantitative estimate of drug-likeness (QED) is 0.559. The van der Waals surface area contributed by atoms with Crippen molar-refractivity contribution in [2.45, 2.75) is 0 Å². The van der Waals surface area contributed by atoms with Gasteiger partial charge in [-0.3, -0.25) is 15.6 Å². The van der Waals surface area contributed by atoms with Crippen molar-refractivity contribution in [2.75, 3.05) is 26.8 Å². The number of aromatic hydroxyl groups is 1. The first kappa shape index (κ1) is 16.3. The molecule has 0 radical (unpaired) electrons. The summed E-state index contributed by atoms with van der Waals surface area (Å²) in [5.41, 5.74) is 6.27. The van der Waals surface area contributed by atoms with Crippen molar-refractivity contribution in [3.8, 4) is 23.0 Å². The number of phenols is 1. The molecule has 2 aromatic carbocycles. The van der Waals surface area contributed by atoms with E-state index in [1.807, 2.05) is 0 Å². The van der Waals surface area contributed by atoms with Gasteiger partial charge in [0.05, 0.1) is 27.0 Å². The molecule has 2 rings (SSSR count). The zero-order chi connectivity index (χ0) is 16.8. The SMILES string of the molecule is COc1cc(C(=O)NNc2ccc(O)cc2)cc(OC)c1OC. The van der Waals surface area contributed by atoms with Gasteiger partial charge in [0.25, 0.3) is 5.91 Å². The summed E-state index contributed by atoms with van der Waals surface area (Å²) in [5.74, 6) is 0.963. The highest BCUT2D eigenvalue weighted by Gasteiger charge is 2.16. The molecule has 0 aliphatic heterocycles. The number of methoxy groups -OCH3 is 3. The lowest BCUT2D eigenvalue weighted by Crippen LogP contribution is -2.29. The average molecular weight is 318 g/mol. The van der Waals surface area contributed by atoms with Gasteiger partial charge in [-0.1, -0.05) is 0 Å². The summed E-state index contributed by atoms with van der Waals surface area (Å²) < 4.78 is 15.6. The van der Waals surface area contributed by atoms with Crippen LogP contribution in [0.4, 0.5) is 5.69 Å². The van der Waals surface area contributed by atoms with Gasteiger partial charge in [-0.15, -0.1) is 0 Å². The fraction of sp³-hybridized carbons (Fsp3) is 0.188. The lowest BCUT2D eigenvalue weighted by Gasteiger charge is -2.14. The summed E-state index contributed by atoms with van der Waals surface area (Å²) in [5, 5.41) is 9.22. The van der Waals surface area contributed by atoms with Crippen LogP contribution >= 0.6 is 0 Å². The average Bonchev–Trinajstić information content (AvgIpc) is 2.59. The van der Waals surface area contributed by atoms with Crippen molar-refractivity contribution in [3.63, 3.8) is 0 Å². The molecule has 7 nitrogen and oxygen atoms in total. The lowest BCUT2D eigenvalue weighted by molar-refractivity contribution is 0.0962. The topological polar surface area (TPSA) is 89.1 Å². The van der Waals surface area contributed by atoms with Gasteiger partial charge in [-0.25, -0.2) is 0 Å². The molecule has 0 aliphatic rings. The molecule has 0 bridgehead atoms. The highest BCUT2D eigenvalue weighted by atomic mass is 16.5. The second-order valence-electron chi connectivity index (χ2n) is 4.54. The maximum atomic E-state index is 12.2. The Morgan fingerprint density at radius 1 is 0.957 bits per heavy atom. The van der Waals surface area contributed by atoms with E-state index < -0.39 is 0 Å². The summed E-state index contributed by atoms with van der Waals surface area (Å²) in [6.45, 7) is 0. The van der Waals surface area contributed by atoms with Crippen molar-refractivity contribution in [2.24, 2.45) is 0 Å². The zero-order valence-corrected chi connectivity index (χ0v) is 13.0. The van der Waals surface area contributed by atoms with Crippen LogP contribution in [0.15, 0.2) is 36.4 Å². The Morgan fingerprint density at radius 2 is 1.52 bits per heavy atom. The normalized spacial score (nSPS) is 9.87. The van der Waals surface area contributed by atoms with Crippen molar-refractivity contribution in [1.29, 1.82) is 0 Å². The minimum atomic E-state index is -0.377. The fourth-order valence-electron chi connectivity index (χ4n) is 1.96. The molecule has 0 saturated carbocycles. The van der Waals surface area contributed by atoms with E-state index in [9.17, 15) is 9.90 Å². The van der Waals surface area contributed by atoms with E-state index in [1.54, 1.807) is 24.3 Å². The molecule has 0 fully saturated rings. The molecule has 23 heavy (non-hydrogen) atoms. The van der Waals surface area contributed by atoms with Crippen molar-refractivity contribution >= 4 is 11.6 Å². The van der Waals surface area contributed by atoms with Crippen molar-refractivity contribution in [3.05, 3.63) is 42.0 Å². The standard InChI is InChI=1S/C16H18N2O5/c1-21-13-8-10(9-14(22-2)15(13)23-3)16(20)18-17-11-4-6-12(19)7-5-11/h4-9,17,19H,1-3H3,(H,18,20). The Bertz CT molecular complexity index is 660. The molecule has 0 aromatic heterocycles. The van der Waals surface area contributed by atoms with Crippen LogP contribution in [0.1, 0.15) is 10.4 Å². The number of carbonyl (C=O) groups is 1. The van der Waals surface area contributed by atoms with E-state index in [2.05, 4.69) is 10.9 Å². The molecule has 2 aromatic rings. The maximum Gasteiger partial charge on any atom is 0.269 e. The largest absolute Gasteiger partial charge is 0.508 e. The molecule has 0 spiro atoms. The number of rotatable bonds is 6. The van der Waals surface area contributed by atoms with E-state index in [4.69, 9.17) is 14.2 Å². The number of hydrogen-bond acceptors (Lipinski definition) is 6. The first-order chi connectivity index (χ1) is 11.1. The number of amides is 1. The van der Waals surface area contributed by atoms with Crippen molar-refractivity contribution < 1.29 is 24.1 Å². The highest BCUT2D eigenvalue weighted by Crippen LogP contribution is 2.38. The molecular formula is C16H18N2O5. The predicted molar refractivity (Wildman–Crippen MR) is 85.3 cm³/mol. The van der Waals surface area contributed by atoms with Gasteiger partial charge in [-0.2, -0.15) is 0 Å². The number of anilines is 1. The van der Waals surface area contributed by atoms with E-state index in [0.29, 0.717) is 28.5 Å². The first-order valence-corrected chi connectivity index (χ1v) is 6.74.